The Balaban J connectivity index is 1.91. The standard InChI is InChI=1S/C27H22FNO6/c1-3-35-27(33)18-6-12-20(13-7-18)29-23(16-4-10-19(28)11-5-16)22(25(31)26(29)32)24(30)17-8-14-21(34-2)15-9-17/h4-15,31-32H,3H2,1-2H3. The summed E-state index contributed by atoms with van der Waals surface area (Å²) in [7, 11) is 1.50. The predicted molar refractivity (Wildman–Crippen MR) is 127 cm³/mol. The second-order valence-electron chi connectivity index (χ2n) is 7.56. The Bertz CT molecular complexity index is 1370. The topological polar surface area (TPSA) is 98.0 Å². The van der Waals surface area contributed by atoms with Crippen LogP contribution >= 0.6 is 0 Å². The zero-order valence-electron chi connectivity index (χ0n) is 19.0. The summed E-state index contributed by atoms with van der Waals surface area (Å²) in [6.07, 6.45) is 0. The van der Waals surface area contributed by atoms with Crippen LogP contribution in [0.3, 0.4) is 0 Å². The fourth-order valence-corrected chi connectivity index (χ4v) is 3.74. The molecule has 2 N–H and O–H groups in total. The Kier molecular flexibility index (Phi) is 6.55. The monoisotopic (exact) mass is 475 g/mol. The summed E-state index contributed by atoms with van der Waals surface area (Å²) in [6.45, 7) is 1.92. The molecule has 0 aliphatic rings. The molecule has 4 aromatic rings. The highest BCUT2D eigenvalue weighted by atomic mass is 19.1. The second kappa shape index (κ2) is 9.72. The molecule has 0 spiro atoms. The van der Waals surface area contributed by atoms with E-state index in [1.807, 2.05) is 0 Å². The second-order valence-corrected chi connectivity index (χ2v) is 7.56. The van der Waals surface area contributed by atoms with E-state index < -0.39 is 29.2 Å². The number of hydrogen-bond acceptors (Lipinski definition) is 6. The average molecular weight is 475 g/mol. The summed E-state index contributed by atoms with van der Waals surface area (Å²) >= 11 is 0. The van der Waals surface area contributed by atoms with E-state index in [2.05, 4.69) is 0 Å². The number of esters is 1. The average Bonchev–Trinajstić information content (AvgIpc) is 3.14. The number of nitrogens with zero attached hydrogens (tertiary/aromatic N) is 1. The van der Waals surface area contributed by atoms with E-state index in [1.54, 1.807) is 31.2 Å². The van der Waals surface area contributed by atoms with Gasteiger partial charge in [-0.15, -0.1) is 0 Å². The van der Waals surface area contributed by atoms with Crippen LogP contribution in [0, 0.1) is 5.82 Å². The van der Waals surface area contributed by atoms with Crippen molar-refractivity contribution in [2.24, 2.45) is 0 Å². The maximum atomic E-state index is 13.7. The third-order valence-electron chi connectivity index (χ3n) is 5.45. The molecule has 0 aliphatic heterocycles. The predicted octanol–water partition coefficient (Wildman–Crippen LogP) is 5.11. The molecule has 7 nitrogen and oxygen atoms in total. The van der Waals surface area contributed by atoms with Crippen molar-refractivity contribution in [2.75, 3.05) is 13.7 Å². The molecule has 178 valence electrons. The first kappa shape index (κ1) is 23.6. The fourth-order valence-electron chi connectivity index (χ4n) is 3.74. The molecule has 0 fully saturated rings. The largest absolute Gasteiger partial charge is 0.503 e. The molecular formula is C27H22FNO6. The third-order valence-corrected chi connectivity index (χ3v) is 5.45. The minimum Gasteiger partial charge on any atom is -0.503 e. The molecule has 0 radical (unpaired) electrons. The lowest BCUT2D eigenvalue weighted by atomic mass is 9.99. The van der Waals surface area contributed by atoms with Gasteiger partial charge in [-0.1, -0.05) is 0 Å². The van der Waals surface area contributed by atoms with Crippen molar-refractivity contribution >= 4 is 11.8 Å². The number of aromatic nitrogens is 1. The lowest BCUT2D eigenvalue weighted by Crippen LogP contribution is -2.06. The highest BCUT2D eigenvalue weighted by Gasteiger charge is 2.30. The molecule has 0 aliphatic carbocycles. The number of hydrogen-bond donors (Lipinski definition) is 2. The van der Waals surface area contributed by atoms with E-state index in [-0.39, 0.29) is 23.4 Å². The molecule has 0 unspecified atom stereocenters. The molecule has 3 aromatic carbocycles. The van der Waals surface area contributed by atoms with Gasteiger partial charge < -0.3 is 19.7 Å². The molecule has 35 heavy (non-hydrogen) atoms. The number of benzene rings is 3. The minimum atomic E-state index is -0.625. The summed E-state index contributed by atoms with van der Waals surface area (Å²) in [5.74, 6) is -2.20. The summed E-state index contributed by atoms with van der Waals surface area (Å²) in [6, 6.07) is 17.7. The van der Waals surface area contributed by atoms with Gasteiger partial charge in [-0.25, -0.2) is 9.18 Å². The molecular weight excluding hydrogens is 453 g/mol. The normalized spacial score (nSPS) is 10.7. The maximum Gasteiger partial charge on any atom is 0.338 e. The van der Waals surface area contributed by atoms with Crippen LogP contribution in [-0.4, -0.2) is 40.2 Å². The summed E-state index contributed by atoms with van der Waals surface area (Å²) < 4.78 is 25.1. The van der Waals surface area contributed by atoms with Crippen molar-refractivity contribution in [3.05, 3.63) is 95.3 Å². The maximum absolute atomic E-state index is 13.7. The number of aromatic hydroxyl groups is 2. The van der Waals surface area contributed by atoms with Gasteiger partial charge in [-0.05, 0) is 85.3 Å². The van der Waals surface area contributed by atoms with Crippen molar-refractivity contribution in [1.82, 2.24) is 4.57 Å². The number of rotatable bonds is 7. The minimum absolute atomic E-state index is 0.157. The van der Waals surface area contributed by atoms with Gasteiger partial charge in [0.05, 0.1) is 30.5 Å². The Morgan fingerprint density at radius 2 is 1.49 bits per heavy atom. The van der Waals surface area contributed by atoms with Crippen LogP contribution in [0.25, 0.3) is 16.9 Å². The van der Waals surface area contributed by atoms with Gasteiger partial charge in [0.25, 0.3) is 0 Å². The van der Waals surface area contributed by atoms with Gasteiger partial charge in [0.15, 0.2) is 11.5 Å². The van der Waals surface area contributed by atoms with Crippen LogP contribution < -0.4 is 4.74 Å². The number of carbonyl (C=O) groups is 2. The van der Waals surface area contributed by atoms with Crippen LogP contribution in [0.1, 0.15) is 33.2 Å². The zero-order chi connectivity index (χ0) is 25.1. The van der Waals surface area contributed by atoms with Crippen LogP contribution in [0.2, 0.25) is 0 Å². The third kappa shape index (κ3) is 4.46. The number of ketones is 1. The number of ether oxygens (including phenoxy) is 2. The molecule has 0 saturated carbocycles. The summed E-state index contributed by atoms with van der Waals surface area (Å²) in [5.41, 5.74) is 1.29. The van der Waals surface area contributed by atoms with Crippen LogP contribution in [0.4, 0.5) is 4.39 Å². The van der Waals surface area contributed by atoms with E-state index in [9.17, 15) is 24.2 Å². The highest BCUT2D eigenvalue weighted by molar-refractivity contribution is 6.15. The van der Waals surface area contributed by atoms with Crippen LogP contribution in [0.5, 0.6) is 17.4 Å². The van der Waals surface area contributed by atoms with Crippen LogP contribution in [0.15, 0.2) is 72.8 Å². The van der Waals surface area contributed by atoms with Crippen molar-refractivity contribution < 1.29 is 33.7 Å². The van der Waals surface area contributed by atoms with E-state index in [0.29, 0.717) is 22.6 Å². The van der Waals surface area contributed by atoms with Gasteiger partial charge in [-0.2, -0.15) is 0 Å². The molecule has 0 saturated heterocycles. The van der Waals surface area contributed by atoms with Gasteiger partial charge in [-0.3, -0.25) is 9.36 Å². The Labute approximate surface area is 200 Å². The lowest BCUT2D eigenvalue weighted by Gasteiger charge is -2.13. The van der Waals surface area contributed by atoms with Crippen molar-refractivity contribution in [1.29, 1.82) is 0 Å². The first-order chi connectivity index (χ1) is 16.8. The Morgan fingerprint density at radius 1 is 0.886 bits per heavy atom. The molecule has 1 heterocycles. The van der Waals surface area contributed by atoms with Gasteiger partial charge in [0, 0.05) is 11.3 Å². The molecule has 8 heteroatoms. The lowest BCUT2D eigenvalue weighted by molar-refractivity contribution is 0.0526. The molecule has 1 aromatic heterocycles. The SMILES string of the molecule is CCOC(=O)c1ccc(-n2c(O)c(O)c(C(=O)c3ccc(OC)cc3)c2-c2ccc(F)cc2)cc1. The van der Waals surface area contributed by atoms with Crippen molar-refractivity contribution in [3.63, 3.8) is 0 Å². The van der Waals surface area contributed by atoms with E-state index >= 15 is 0 Å². The first-order valence-corrected chi connectivity index (χ1v) is 10.7. The van der Waals surface area contributed by atoms with E-state index in [1.165, 1.54) is 60.2 Å². The Morgan fingerprint density at radius 3 is 2.06 bits per heavy atom. The summed E-state index contributed by atoms with van der Waals surface area (Å²) in [4.78, 5) is 25.5. The van der Waals surface area contributed by atoms with E-state index in [0.717, 1.165) is 0 Å². The van der Waals surface area contributed by atoms with Crippen molar-refractivity contribution in [3.8, 4) is 34.3 Å². The van der Waals surface area contributed by atoms with Crippen LogP contribution in [-0.2, 0) is 4.74 Å². The first-order valence-electron chi connectivity index (χ1n) is 10.7. The summed E-state index contributed by atoms with van der Waals surface area (Å²) in [5, 5.41) is 21.7. The quantitative estimate of drug-likeness (QED) is 0.285. The molecule has 0 bridgehead atoms. The number of methoxy groups -OCH3 is 1. The van der Waals surface area contributed by atoms with Gasteiger partial charge in [0.2, 0.25) is 5.88 Å². The zero-order valence-corrected chi connectivity index (χ0v) is 19.0. The fraction of sp³-hybridized carbons (Fsp3) is 0.111. The smallest absolute Gasteiger partial charge is 0.338 e. The van der Waals surface area contributed by atoms with Crippen molar-refractivity contribution in [2.45, 2.75) is 6.92 Å². The van der Waals surface area contributed by atoms with Gasteiger partial charge in [0.1, 0.15) is 11.6 Å². The molecule has 4 rings (SSSR count). The molecule has 0 amide bonds. The number of halogens is 1. The number of carbonyl (C=O) groups excluding carboxylic acids is 2. The van der Waals surface area contributed by atoms with E-state index in [4.69, 9.17) is 9.47 Å². The van der Waals surface area contributed by atoms with Gasteiger partial charge >= 0.3 is 5.97 Å². The molecule has 0 atom stereocenters. The highest BCUT2D eigenvalue weighted by Crippen LogP contribution is 2.44. The Hall–Kier alpha value is -4.59.